The zero-order chi connectivity index (χ0) is 23.5. The van der Waals surface area contributed by atoms with Crippen LogP contribution < -0.4 is 15.4 Å². The molecule has 0 aromatic heterocycles. The smallest absolute Gasteiger partial charge is 0.256 e. The molecule has 3 N–H and O–H groups in total. The monoisotopic (exact) mass is 473 g/mol. The minimum Gasteiger partial charge on any atom is -0.496 e. The van der Waals surface area contributed by atoms with E-state index in [4.69, 9.17) is 4.74 Å². The molecule has 0 spiro atoms. The number of para-hydroxylation sites is 1. The maximum atomic E-state index is 14.0. The number of sulfonamides is 1. The molecule has 2 unspecified atom stereocenters. The molecule has 0 radical (unpaired) electrons. The maximum Gasteiger partial charge on any atom is 0.256 e. The third-order valence-electron chi connectivity index (χ3n) is 6.74. The molecule has 2 heterocycles. The first kappa shape index (κ1) is 23.7. The van der Waals surface area contributed by atoms with Gasteiger partial charge in [-0.3, -0.25) is 4.79 Å². The van der Waals surface area contributed by atoms with Gasteiger partial charge in [0.05, 0.1) is 18.8 Å². The third kappa shape index (κ3) is 4.63. The van der Waals surface area contributed by atoms with Crippen molar-refractivity contribution in [2.45, 2.75) is 36.2 Å². The number of nitrogens with one attached hydrogen (secondary N) is 2. The Labute approximate surface area is 195 Å². The molecule has 2 aromatic carbocycles. The number of β-amino-alcohol motifs (C(OH)–C–C–N with tert-alkyl or cyclic N) is 1. The highest BCUT2D eigenvalue weighted by Gasteiger charge is 2.51. The molecule has 178 valence electrons. The minimum atomic E-state index is -3.99. The van der Waals surface area contributed by atoms with Crippen LogP contribution in [0, 0.1) is 0 Å². The van der Waals surface area contributed by atoms with E-state index in [1.807, 2.05) is 30.3 Å². The molecule has 33 heavy (non-hydrogen) atoms. The molecule has 8 nitrogen and oxygen atoms in total. The molecule has 4 rings (SSSR count). The Balaban J connectivity index is 1.81. The Morgan fingerprint density at radius 3 is 2.45 bits per heavy atom. The van der Waals surface area contributed by atoms with Crippen molar-refractivity contribution >= 4 is 15.9 Å². The van der Waals surface area contributed by atoms with Crippen LogP contribution >= 0.6 is 0 Å². The lowest BCUT2D eigenvalue weighted by molar-refractivity contribution is 0.0920. The summed E-state index contributed by atoms with van der Waals surface area (Å²) in [6, 6.07) is 16.3. The van der Waals surface area contributed by atoms with Crippen molar-refractivity contribution in [3.8, 4) is 5.75 Å². The lowest BCUT2D eigenvalue weighted by atomic mass is 9.72. The van der Waals surface area contributed by atoms with Crippen LogP contribution in [0.25, 0.3) is 0 Å². The quantitative estimate of drug-likeness (QED) is 0.562. The molecule has 2 saturated heterocycles. The van der Waals surface area contributed by atoms with Gasteiger partial charge in [0.15, 0.2) is 5.37 Å². The fourth-order valence-corrected chi connectivity index (χ4v) is 7.20. The van der Waals surface area contributed by atoms with E-state index < -0.39 is 32.8 Å². The van der Waals surface area contributed by atoms with Crippen molar-refractivity contribution in [1.29, 1.82) is 0 Å². The number of benzene rings is 2. The molecular formula is C24H31N3O5S. The van der Waals surface area contributed by atoms with Crippen LogP contribution in [-0.2, 0) is 15.4 Å². The predicted octanol–water partition coefficient (Wildman–Crippen LogP) is 1.47. The molecule has 1 amide bonds. The number of hydrogen-bond acceptors (Lipinski definition) is 6. The summed E-state index contributed by atoms with van der Waals surface area (Å²) < 4.78 is 34.7. The Bertz CT molecular complexity index is 1070. The third-order valence-corrected chi connectivity index (χ3v) is 8.96. The summed E-state index contributed by atoms with van der Waals surface area (Å²) in [7, 11) is -2.51. The van der Waals surface area contributed by atoms with Crippen molar-refractivity contribution in [3.05, 3.63) is 65.7 Å². The van der Waals surface area contributed by atoms with Crippen LogP contribution in [-0.4, -0.2) is 68.5 Å². The van der Waals surface area contributed by atoms with Crippen molar-refractivity contribution in [3.63, 3.8) is 0 Å². The predicted molar refractivity (Wildman–Crippen MR) is 126 cm³/mol. The van der Waals surface area contributed by atoms with Gasteiger partial charge in [-0.05, 0) is 50.0 Å². The van der Waals surface area contributed by atoms with Gasteiger partial charge >= 0.3 is 0 Å². The van der Waals surface area contributed by atoms with Gasteiger partial charge in [-0.1, -0.05) is 42.5 Å². The average molecular weight is 474 g/mol. The van der Waals surface area contributed by atoms with Crippen molar-refractivity contribution in [2.24, 2.45) is 0 Å². The van der Waals surface area contributed by atoms with Gasteiger partial charge in [-0.25, -0.2) is 8.42 Å². The second kappa shape index (κ2) is 9.80. The van der Waals surface area contributed by atoms with E-state index in [2.05, 4.69) is 10.6 Å². The van der Waals surface area contributed by atoms with E-state index in [1.165, 1.54) is 11.4 Å². The summed E-state index contributed by atoms with van der Waals surface area (Å²) in [5, 5.41) is 15.1. The van der Waals surface area contributed by atoms with Crippen LogP contribution in [0.5, 0.6) is 5.75 Å². The molecule has 0 saturated carbocycles. The molecule has 2 atom stereocenters. The second-order valence-corrected chi connectivity index (χ2v) is 10.7. The Hall–Kier alpha value is -2.46. The number of carbonyl (C=O) groups is 1. The lowest BCUT2D eigenvalue weighted by Crippen LogP contribution is -2.61. The molecule has 0 aliphatic carbocycles. The van der Waals surface area contributed by atoms with E-state index in [1.54, 1.807) is 24.3 Å². The fourth-order valence-electron chi connectivity index (χ4n) is 4.96. The van der Waals surface area contributed by atoms with Crippen molar-refractivity contribution < 1.29 is 23.1 Å². The Morgan fingerprint density at radius 2 is 1.82 bits per heavy atom. The number of hydrogen-bond donors (Lipinski definition) is 3. The normalized spacial score (nSPS) is 21.9. The highest BCUT2D eigenvalue weighted by molar-refractivity contribution is 7.89. The summed E-state index contributed by atoms with van der Waals surface area (Å²) in [4.78, 5) is 13.4. The molecule has 2 fully saturated rings. The van der Waals surface area contributed by atoms with Gasteiger partial charge in [0.2, 0.25) is 10.0 Å². The van der Waals surface area contributed by atoms with Crippen LogP contribution in [0.2, 0.25) is 0 Å². The number of piperidine rings is 1. The summed E-state index contributed by atoms with van der Waals surface area (Å²) in [5.74, 6) is -0.128. The maximum absolute atomic E-state index is 14.0. The standard InChI is InChI=1S/C24H31N3O5S/c1-32-21-10-6-5-9-20(21)22(29)26-23(33(30,31)27-16-11-19(28)17-27)24(12-14-25-15-13-24)18-7-3-2-4-8-18/h2-10,19,23,25,28H,11-17H2,1H3,(H,26,29). The summed E-state index contributed by atoms with van der Waals surface area (Å²) >= 11 is 0. The van der Waals surface area contributed by atoms with Gasteiger partial charge < -0.3 is 20.5 Å². The zero-order valence-corrected chi connectivity index (χ0v) is 19.6. The fraction of sp³-hybridized carbons (Fsp3) is 0.458. The van der Waals surface area contributed by atoms with Crippen LogP contribution in [0.4, 0.5) is 0 Å². The number of rotatable bonds is 7. The van der Waals surface area contributed by atoms with Gasteiger partial charge in [-0.2, -0.15) is 4.31 Å². The number of carbonyl (C=O) groups excluding carboxylic acids is 1. The number of aliphatic hydroxyl groups is 1. The molecular weight excluding hydrogens is 442 g/mol. The van der Waals surface area contributed by atoms with E-state index in [0.29, 0.717) is 38.1 Å². The first-order valence-electron chi connectivity index (χ1n) is 11.3. The minimum absolute atomic E-state index is 0.0342. The zero-order valence-electron chi connectivity index (χ0n) is 18.7. The Kier molecular flexibility index (Phi) is 7.04. The number of nitrogens with zero attached hydrogens (tertiary/aromatic N) is 1. The van der Waals surface area contributed by atoms with Gasteiger partial charge in [0.25, 0.3) is 5.91 Å². The first-order chi connectivity index (χ1) is 15.9. The molecule has 0 bridgehead atoms. The number of methoxy groups -OCH3 is 1. The largest absolute Gasteiger partial charge is 0.496 e. The van der Waals surface area contributed by atoms with E-state index in [9.17, 15) is 18.3 Å². The SMILES string of the molecule is COc1ccccc1C(=O)NC(C1(c2ccccc2)CCNCC1)S(=O)(=O)N1CCC(O)C1. The number of aliphatic hydroxyl groups excluding tert-OH is 1. The highest BCUT2D eigenvalue weighted by Crippen LogP contribution is 2.40. The van der Waals surface area contributed by atoms with E-state index in [-0.39, 0.29) is 18.7 Å². The van der Waals surface area contributed by atoms with E-state index >= 15 is 0 Å². The number of amides is 1. The van der Waals surface area contributed by atoms with Gasteiger partial charge in [0.1, 0.15) is 5.75 Å². The molecule has 9 heteroatoms. The van der Waals surface area contributed by atoms with Gasteiger partial charge in [0, 0.05) is 18.5 Å². The first-order valence-corrected chi connectivity index (χ1v) is 12.8. The average Bonchev–Trinajstić information content (AvgIpc) is 3.30. The Morgan fingerprint density at radius 1 is 1.15 bits per heavy atom. The van der Waals surface area contributed by atoms with Gasteiger partial charge in [-0.15, -0.1) is 0 Å². The second-order valence-electron chi connectivity index (χ2n) is 8.67. The molecule has 2 aliphatic rings. The van der Waals surface area contributed by atoms with Crippen LogP contribution in [0.15, 0.2) is 54.6 Å². The van der Waals surface area contributed by atoms with Crippen molar-refractivity contribution in [1.82, 2.24) is 14.9 Å². The van der Waals surface area contributed by atoms with E-state index in [0.717, 1.165) is 5.56 Å². The summed E-state index contributed by atoms with van der Waals surface area (Å²) in [6.45, 7) is 1.53. The highest BCUT2D eigenvalue weighted by atomic mass is 32.2. The summed E-state index contributed by atoms with van der Waals surface area (Å²) in [5.41, 5.74) is 0.329. The molecule has 2 aliphatic heterocycles. The molecule has 2 aromatic rings. The topological polar surface area (TPSA) is 108 Å². The summed E-state index contributed by atoms with van der Waals surface area (Å²) in [6.07, 6.45) is 0.769. The van der Waals surface area contributed by atoms with Crippen molar-refractivity contribution in [2.75, 3.05) is 33.3 Å². The number of ether oxygens (including phenoxy) is 1. The van der Waals surface area contributed by atoms with Crippen LogP contribution in [0.1, 0.15) is 35.2 Å². The van der Waals surface area contributed by atoms with Crippen LogP contribution in [0.3, 0.4) is 0 Å². The lowest BCUT2D eigenvalue weighted by Gasteiger charge is -2.45.